The van der Waals surface area contributed by atoms with Crippen molar-refractivity contribution in [2.45, 2.75) is 46.3 Å². The maximum absolute atomic E-state index is 4.23. The second kappa shape index (κ2) is 5.66. The third-order valence-corrected chi connectivity index (χ3v) is 1.84. The molecule has 1 heterocycles. The minimum Gasteiger partial charge on any atom is -0.352 e. The molecule has 0 saturated carbocycles. The van der Waals surface area contributed by atoms with Gasteiger partial charge in [-0.05, 0) is 13.8 Å². The highest BCUT2D eigenvalue weighted by molar-refractivity contribution is 5.25. The summed E-state index contributed by atoms with van der Waals surface area (Å²) in [5.41, 5.74) is 1.11. The number of rotatable bonds is 5. The summed E-state index contributed by atoms with van der Waals surface area (Å²) in [5.74, 6) is 0.693. The van der Waals surface area contributed by atoms with E-state index in [1.165, 1.54) is 0 Å². The Morgan fingerprint density at radius 1 is 1.07 bits per heavy atom. The Bertz CT molecular complexity index is 279. The monoisotopic (exact) mass is 208 g/mol. The summed E-state index contributed by atoms with van der Waals surface area (Å²) >= 11 is 0. The quantitative estimate of drug-likeness (QED) is 0.774. The van der Waals surface area contributed by atoms with E-state index in [4.69, 9.17) is 0 Å². The average Bonchev–Trinajstić information content (AvgIpc) is 2.16. The molecule has 84 valence electrons. The number of hydrogen-bond acceptors (Lipinski definition) is 4. The third-order valence-electron chi connectivity index (χ3n) is 1.84. The summed E-state index contributed by atoms with van der Waals surface area (Å²) in [6.45, 7) is 9.19. The summed E-state index contributed by atoms with van der Waals surface area (Å²) in [7, 11) is 0. The van der Waals surface area contributed by atoms with Gasteiger partial charge in [0.1, 0.15) is 0 Å². The van der Waals surface area contributed by atoms with Crippen molar-refractivity contribution in [3.8, 4) is 0 Å². The van der Waals surface area contributed by atoms with Gasteiger partial charge in [-0.25, -0.2) is 9.97 Å². The molecule has 0 unspecified atom stereocenters. The first-order valence-electron chi connectivity index (χ1n) is 5.38. The molecule has 1 aromatic rings. The molecule has 0 aliphatic heterocycles. The first-order valence-corrected chi connectivity index (χ1v) is 5.38. The largest absolute Gasteiger partial charge is 0.352 e. The van der Waals surface area contributed by atoms with Gasteiger partial charge in [-0.15, -0.1) is 0 Å². The summed E-state index contributed by atoms with van der Waals surface area (Å²) in [4.78, 5) is 8.47. The Morgan fingerprint density at radius 2 is 1.67 bits per heavy atom. The predicted octanol–water partition coefficient (Wildman–Crippen LogP) is 1.79. The standard InChI is InChI=1S/C11H20N4/c1-8(2)12-5-10-6-13-11(14-7-10)15-9(3)4/h6-9,12H,5H2,1-4H3,(H,13,14,15). The van der Waals surface area contributed by atoms with Gasteiger partial charge in [0.15, 0.2) is 0 Å². The van der Waals surface area contributed by atoms with Crippen LogP contribution in [0.5, 0.6) is 0 Å². The predicted molar refractivity (Wildman–Crippen MR) is 62.8 cm³/mol. The van der Waals surface area contributed by atoms with Crippen LogP contribution < -0.4 is 10.6 Å². The summed E-state index contributed by atoms with van der Waals surface area (Å²) < 4.78 is 0. The van der Waals surface area contributed by atoms with Gasteiger partial charge in [0.05, 0.1) is 0 Å². The fraction of sp³-hybridized carbons (Fsp3) is 0.636. The van der Waals surface area contributed by atoms with Gasteiger partial charge in [0.25, 0.3) is 0 Å². The number of nitrogens with zero attached hydrogens (tertiary/aromatic N) is 2. The lowest BCUT2D eigenvalue weighted by Gasteiger charge is -2.09. The van der Waals surface area contributed by atoms with Crippen LogP contribution in [-0.2, 0) is 6.54 Å². The molecular formula is C11H20N4. The molecule has 1 aromatic heterocycles. The van der Waals surface area contributed by atoms with Crippen LogP contribution in [0, 0.1) is 0 Å². The summed E-state index contributed by atoms with van der Waals surface area (Å²) in [5, 5.41) is 6.48. The van der Waals surface area contributed by atoms with E-state index in [1.54, 1.807) is 0 Å². The zero-order valence-corrected chi connectivity index (χ0v) is 9.91. The highest BCUT2D eigenvalue weighted by Gasteiger charge is 1.99. The molecule has 15 heavy (non-hydrogen) atoms. The molecule has 0 radical (unpaired) electrons. The normalized spacial score (nSPS) is 11.1. The van der Waals surface area contributed by atoms with Crippen molar-refractivity contribution >= 4 is 5.95 Å². The molecule has 4 nitrogen and oxygen atoms in total. The van der Waals surface area contributed by atoms with Crippen molar-refractivity contribution in [1.82, 2.24) is 15.3 Å². The molecule has 0 bridgehead atoms. The van der Waals surface area contributed by atoms with Crippen molar-refractivity contribution in [2.24, 2.45) is 0 Å². The highest BCUT2D eigenvalue weighted by Crippen LogP contribution is 2.01. The van der Waals surface area contributed by atoms with Gasteiger partial charge in [0.2, 0.25) is 5.95 Å². The number of nitrogens with one attached hydrogen (secondary N) is 2. The van der Waals surface area contributed by atoms with Crippen LogP contribution in [0.1, 0.15) is 33.3 Å². The summed E-state index contributed by atoms with van der Waals surface area (Å²) in [6.07, 6.45) is 3.71. The first kappa shape index (κ1) is 11.9. The smallest absolute Gasteiger partial charge is 0.222 e. The lowest BCUT2D eigenvalue weighted by Crippen LogP contribution is -2.22. The van der Waals surface area contributed by atoms with Gasteiger partial charge >= 0.3 is 0 Å². The molecule has 0 aliphatic rings. The Labute approximate surface area is 91.5 Å². The van der Waals surface area contributed by atoms with E-state index in [2.05, 4.69) is 48.3 Å². The second-order valence-electron chi connectivity index (χ2n) is 4.25. The number of anilines is 1. The van der Waals surface area contributed by atoms with Gasteiger partial charge in [-0.1, -0.05) is 13.8 Å². The minimum atomic E-state index is 0.365. The zero-order valence-electron chi connectivity index (χ0n) is 9.91. The average molecular weight is 208 g/mol. The minimum absolute atomic E-state index is 0.365. The fourth-order valence-electron chi connectivity index (χ4n) is 1.10. The molecule has 0 amide bonds. The molecular weight excluding hydrogens is 188 g/mol. The molecule has 0 aromatic carbocycles. The number of hydrogen-bond donors (Lipinski definition) is 2. The van der Waals surface area contributed by atoms with Crippen molar-refractivity contribution in [3.05, 3.63) is 18.0 Å². The van der Waals surface area contributed by atoms with E-state index in [9.17, 15) is 0 Å². The Balaban J connectivity index is 2.49. The Kier molecular flexibility index (Phi) is 4.49. The van der Waals surface area contributed by atoms with Gasteiger partial charge in [-0.2, -0.15) is 0 Å². The fourth-order valence-corrected chi connectivity index (χ4v) is 1.10. The van der Waals surface area contributed by atoms with Gasteiger partial charge in [-0.3, -0.25) is 0 Å². The van der Waals surface area contributed by atoms with Crippen LogP contribution in [0.4, 0.5) is 5.95 Å². The van der Waals surface area contributed by atoms with Crippen LogP contribution in [-0.4, -0.2) is 22.1 Å². The molecule has 0 fully saturated rings. The summed E-state index contributed by atoms with van der Waals surface area (Å²) in [6, 6.07) is 0.850. The molecule has 1 rings (SSSR count). The van der Waals surface area contributed by atoms with E-state index in [-0.39, 0.29) is 0 Å². The van der Waals surface area contributed by atoms with Crippen LogP contribution in [0.2, 0.25) is 0 Å². The van der Waals surface area contributed by atoms with Crippen molar-refractivity contribution in [1.29, 1.82) is 0 Å². The van der Waals surface area contributed by atoms with E-state index in [0.717, 1.165) is 12.1 Å². The molecule has 4 heteroatoms. The maximum atomic E-state index is 4.23. The molecule has 2 N–H and O–H groups in total. The van der Waals surface area contributed by atoms with Crippen LogP contribution in [0.15, 0.2) is 12.4 Å². The lowest BCUT2D eigenvalue weighted by molar-refractivity contribution is 0.587. The van der Waals surface area contributed by atoms with Gasteiger partial charge < -0.3 is 10.6 Å². The molecule has 0 saturated heterocycles. The zero-order chi connectivity index (χ0) is 11.3. The van der Waals surface area contributed by atoms with Crippen molar-refractivity contribution < 1.29 is 0 Å². The Morgan fingerprint density at radius 3 is 2.13 bits per heavy atom. The highest BCUT2D eigenvalue weighted by atomic mass is 15.1. The maximum Gasteiger partial charge on any atom is 0.222 e. The van der Waals surface area contributed by atoms with Crippen molar-refractivity contribution in [3.63, 3.8) is 0 Å². The van der Waals surface area contributed by atoms with Gasteiger partial charge in [0, 0.05) is 36.6 Å². The Hall–Kier alpha value is -1.16. The molecule has 0 aliphatic carbocycles. The third kappa shape index (κ3) is 4.74. The number of aromatic nitrogens is 2. The molecule has 0 atom stereocenters. The van der Waals surface area contributed by atoms with E-state index in [0.29, 0.717) is 18.0 Å². The second-order valence-corrected chi connectivity index (χ2v) is 4.25. The van der Waals surface area contributed by atoms with E-state index in [1.807, 2.05) is 12.4 Å². The van der Waals surface area contributed by atoms with E-state index < -0.39 is 0 Å². The molecule has 0 spiro atoms. The van der Waals surface area contributed by atoms with Crippen molar-refractivity contribution in [2.75, 3.05) is 5.32 Å². The lowest BCUT2D eigenvalue weighted by atomic mass is 10.3. The van der Waals surface area contributed by atoms with Crippen LogP contribution in [0.25, 0.3) is 0 Å². The van der Waals surface area contributed by atoms with E-state index >= 15 is 0 Å². The van der Waals surface area contributed by atoms with Crippen LogP contribution >= 0.6 is 0 Å². The first-order chi connectivity index (χ1) is 7.08. The topological polar surface area (TPSA) is 49.8 Å². The van der Waals surface area contributed by atoms with Crippen LogP contribution in [0.3, 0.4) is 0 Å². The SMILES string of the molecule is CC(C)NCc1cnc(NC(C)C)nc1.